The van der Waals surface area contributed by atoms with Crippen LogP contribution in [0, 0.1) is 10.8 Å². The van der Waals surface area contributed by atoms with E-state index in [2.05, 4.69) is 15.4 Å². The molecule has 3 fully saturated rings. The van der Waals surface area contributed by atoms with E-state index in [0.717, 1.165) is 0 Å². The van der Waals surface area contributed by atoms with Gasteiger partial charge in [-0.2, -0.15) is 0 Å². The Morgan fingerprint density at radius 2 is 2.18 bits per heavy atom. The Morgan fingerprint density at radius 3 is 2.82 bits per heavy atom. The molecule has 0 saturated carbocycles. The molecule has 3 heterocycles. The molecule has 0 aromatic heterocycles. The number of hydrogen-bond acceptors (Lipinski definition) is 7. The van der Waals surface area contributed by atoms with Gasteiger partial charge in [0.05, 0.1) is 0 Å². The number of nitrogens with two attached hydrogens (primary N) is 1. The van der Waals surface area contributed by atoms with E-state index in [-0.39, 0.29) is 18.9 Å². The van der Waals surface area contributed by atoms with Crippen LogP contribution in [0.5, 0.6) is 0 Å². The first-order valence-electron chi connectivity index (χ1n) is 6.55. The summed E-state index contributed by atoms with van der Waals surface area (Å²) in [4.78, 5) is 12.1. The molecule has 3 aliphatic heterocycles. The fraction of sp³-hybridized carbons (Fsp3) is 0.700. The monoisotopic (exact) mass is 315 g/mol. The van der Waals surface area contributed by atoms with Gasteiger partial charge in [0.25, 0.3) is 0 Å². The van der Waals surface area contributed by atoms with Crippen LogP contribution in [0.25, 0.3) is 0 Å². The average Bonchev–Trinajstić information content (AvgIpc) is 2.89. The highest BCUT2D eigenvalue weighted by molar-refractivity contribution is 5.86. The van der Waals surface area contributed by atoms with Gasteiger partial charge >= 0.3 is 6.09 Å². The number of guanidine groups is 2. The molecule has 22 heavy (non-hydrogen) atoms. The molecule has 0 aliphatic carbocycles. The van der Waals surface area contributed by atoms with Crippen LogP contribution >= 0.6 is 0 Å². The van der Waals surface area contributed by atoms with Crippen LogP contribution in [0.3, 0.4) is 0 Å². The Morgan fingerprint density at radius 1 is 1.50 bits per heavy atom. The summed E-state index contributed by atoms with van der Waals surface area (Å²) in [7, 11) is 0. The number of hydrogen-bond donors (Lipinski definition) is 8. The third-order valence-electron chi connectivity index (χ3n) is 4.35. The van der Waals surface area contributed by atoms with Crippen LogP contribution in [0.4, 0.5) is 4.79 Å². The number of carbonyl (C=O) groups is 1. The van der Waals surface area contributed by atoms with Gasteiger partial charge in [-0.05, 0) is 0 Å². The van der Waals surface area contributed by atoms with Gasteiger partial charge in [0.15, 0.2) is 11.6 Å². The number of amides is 1. The molecule has 0 bridgehead atoms. The van der Waals surface area contributed by atoms with E-state index < -0.39 is 42.2 Å². The Balaban J connectivity index is 2.03. The molecule has 122 valence electrons. The van der Waals surface area contributed by atoms with E-state index in [1.165, 1.54) is 4.90 Å². The standard InChI is InChI=1S/C10H17N7O5/c11-6-14-5-4(3-22-8(13)18)17(21)7(12)16-2-1-9(19,20)10(5,16)15-6/h4-5,12,19-21H,1-3H2,(H2,13,18)(H3,11,14,15)/t4-,5+,10?/m0/s1. The van der Waals surface area contributed by atoms with Crippen LogP contribution in [-0.4, -0.2) is 80.1 Å². The SMILES string of the molecule is N=C1N[C@@H]2[C@H](COC(N)=O)N(O)C(=N)N3CCC(O)(O)C23N1. The molecule has 9 N–H and O–H groups in total. The van der Waals surface area contributed by atoms with Crippen molar-refractivity contribution in [1.82, 2.24) is 20.6 Å². The topological polar surface area (TPSA) is 191 Å². The molecular weight excluding hydrogens is 298 g/mol. The number of rotatable bonds is 2. The predicted molar refractivity (Wildman–Crippen MR) is 69.7 cm³/mol. The van der Waals surface area contributed by atoms with E-state index in [1.54, 1.807) is 0 Å². The molecule has 3 saturated heterocycles. The number of aliphatic hydroxyl groups is 2. The quantitative estimate of drug-likeness (QED) is 0.241. The summed E-state index contributed by atoms with van der Waals surface area (Å²) in [6.07, 6.45) is -1.16. The van der Waals surface area contributed by atoms with Crippen LogP contribution < -0.4 is 16.4 Å². The first-order chi connectivity index (χ1) is 10.2. The lowest BCUT2D eigenvalue weighted by atomic mass is 9.86. The van der Waals surface area contributed by atoms with Crippen molar-refractivity contribution in [3.05, 3.63) is 0 Å². The van der Waals surface area contributed by atoms with Crippen molar-refractivity contribution in [2.75, 3.05) is 13.2 Å². The maximum Gasteiger partial charge on any atom is 0.404 e. The lowest BCUT2D eigenvalue weighted by Crippen LogP contribution is -2.80. The van der Waals surface area contributed by atoms with Gasteiger partial charge in [0.1, 0.15) is 18.7 Å². The lowest BCUT2D eigenvalue weighted by Gasteiger charge is -2.53. The van der Waals surface area contributed by atoms with Gasteiger partial charge in [0.2, 0.25) is 11.7 Å². The predicted octanol–water partition coefficient (Wildman–Crippen LogP) is -3.33. The Hall–Kier alpha value is -2.31. The molecule has 1 amide bonds. The van der Waals surface area contributed by atoms with Crippen LogP contribution in [0.2, 0.25) is 0 Å². The molecule has 1 unspecified atom stereocenters. The third kappa shape index (κ3) is 1.65. The van der Waals surface area contributed by atoms with Crippen LogP contribution in [0.1, 0.15) is 6.42 Å². The number of nitrogens with one attached hydrogen (secondary N) is 4. The average molecular weight is 315 g/mol. The zero-order valence-corrected chi connectivity index (χ0v) is 11.4. The second-order valence-corrected chi connectivity index (χ2v) is 5.47. The molecule has 3 atom stereocenters. The number of primary amides is 1. The fourth-order valence-electron chi connectivity index (χ4n) is 3.40. The maximum absolute atomic E-state index is 10.8. The minimum atomic E-state index is -2.26. The Labute approximate surface area is 124 Å². The van der Waals surface area contributed by atoms with E-state index in [0.29, 0.717) is 5.06 Å². The van der Waals surface area contributed by atoms with Gasteiger partial charge in [0, 0.05) is 13.0 Å². The normalized spacial score (nSPS) is 35.6. The molecule has 12 nitrogen and oxygen atoms in total. The molecule has 0 aromatic carbocycles. The van der Waals surface area contributed by atoms with Crippen molar-refractivity contribution in [3.63, 3.8) is 0 Å². The molecule has 3 rings (SSSR count). The summed E-state index contributed by atoms with van der Waals surface area (Å²) in [5.74, 6) is -2.86. The highest BCUT2D eigenvalue weighted by atomic mass is 16.6. The van der Waals surface area contributed by atoms with Crippen molar-refractivity contribution >= 4 is 18.0 Å². The summed E-state index contributed by atoms with van der Waals surface area (Å²) in [6.45, 7) is -0.308. The highest BCUT2D eigenvalue weighted by Crippen LogP contribution is 2.44. The van der Waals surface area contributed by atoms with E-state index >= 15 is 0 Å². The Bertz CT molecular complexity index is 554. The minimum Gasteiger partial charge on any atom is -0.447 e. The second kappa shape index (κ2) is 4.34. The summed E-state index contributed by atoms with van der Waals surface area (Å²) in [5, 5.41) is 52.4. The maximum atomic E-state index is 10.8. The third-order valence-corrected chi connectivity index (χ3v) is 4.35. The minimum absolute atomic E-state index is 0.0880. The van der Waals surface area contributed by atoms with E-state index in [9.17, 15) is 20.2 Å². The molecule has 12 heteroatoms. The largest absolute Gasteiger partial charge is 0.447 e. The van der Waals surface area contributed by atoms with Crippen molar-refractivity contribution in [2.45, 2.75) is 30.0 Å². The molecule has 1 spiro atoms. The first kappa shape index (κ1) is 14.6. The van der Waals surface area contributed by atoms with Gasteiger partial charge < -0.3 is 36.2 Å². The number of nitrogens with zero attached hydrogens (tertiary/aromatic N) is 2. The van der Waals surface area contributed by atoms with Crippen LogP contribution in [-0.2, 0) is 4.74 Å². The van der Waals surface area contributed by atoms with E-state index in [1.807, 2.05) is 0 Å². The molecule has 3 aliphatic rings. The molecular formula is C10H17N7O5. The van der Waals surface area contributed by atoms with Crippen molar-refractivity contribution in [1.29, 1.82) is 10.8 Å². The van der Waals surface area contributed by atoms with Crippen molar-refractivity contribution in [3.8, 4) is 0 Å². The van der Waals surface area contributed by atoms with Crippen molar-refractivity contribution in [2.24, 2.45) is 5.73 Å². The number of ether oxygens (including phenoxy) is 1. The van der Waals surface area contributed by atoms with E-state index in [4.69, 9.17) is 16.6 Å². The second-order valence-electron chi connectivity index (χ2n) is 5.47. The zero-order chi connectivity index (χ0) is 16.3. The van der Waals surface area contributed by atoms with Crippen LogP contribution in [0.15, 0.2) is 0 Å². The van der Waals surface area contributed by atoms with Gasteiger partial charge in [-0.3, -0.25) is 16.0 Å². The zero-order valence-electron chi connectivity index (χ0n) is 11.4. The lowest BCUT2D eigenvalue weighted by molar-refractivity contribution is -0.241. The molecule has 0 radical (unpaired) electrons. The fourth-order valence-corrected chi connectivity index (χ4v) is 3.40. The summed E-state index contributed by atoms with van der Waals surface area (Å²) in [5.41, 5.74) is 3.29. The highest BCUT2D eigenvalue weighted by Gasteiger charge is 2.72. The number of hydroxylamine groups is 2. The van der Waals surface area contributed by atoms with Gasteiger partial charge in [-0.15, -0.1) is 0 Å². The number of carbonyl (C=O) groups excluding carboxylic acids is 1. The Kier molecular flexibility index (Phi) is 2.89. The van der Waals surface area contributed by atoms with Crippen molar-refractivity contribution < 1.29 is 25.0 Å². The smallest absolute Gasteiger partial charge is 0.404 e. The van der Waals surface area contributed by atoms with Gasteiger partial charge in [-0.1, -0.05) is 0 Å². The summed E-state index contributed by atoms with van der Waals surface area (Å²) in [6, 6.07) is -1.97. The summed E-state index contributed by atoms with van der Waals surface area (Å²) >= 11 is 0. The first-order valence-corrected chi connectivity index (χ1v) is 6.55. The molecule has 0 aromatic rings. The summed E-state index contributed by atoms with van der Waals surface area (Å²) < 4.78 is 4.68. The van der Waals surface area contributed by atoms with Gasteiger partial charge in [-0.25, -0.2) is 9.86 Å².